The quantitative estimate of drug-likeness (QED) is 0.807. The molecule has 2 aromatic carbocycles. The van der Waals surface area contributed by atoms with Crippen molar-refractivity contribution in [2.24, 2.45) is 0 Å². The van der Waals surface area contributed by atoms with Crippen LogP contribution >= 0.6 is 23.2 Å². The van der Waals surface area contributed by atoms with Gasteiger partial charge in [0, 0.05) is 36.9 Å². The van der Waals surface area contributed by atoms with Crippen LogP contribution in [0, 0.1) is 6.92 Å². The van der Waals surface area contributed by atoms with Crippen molar-refractivity contribution in [1.29, 1.82) is 0 Å². The van der Waals surface area contributed by atoms with Crippen LogP contribution in [0.5, 0.6) is 0 Å². The number of aryl methyl sites for hydroxylation is 1. The molecule has 1 aliphatic rings. The van der Waals surface area contributed by atoms with E-state index in [2.05, 4.69) is 29.2 Å². The number of nitrogens with zero attached hydrogens (tertiary/aromatic N) is 2. The van der Waals surface area contributed by atoms with Gasteiger partial charge in [-0.1, -0.05) is 40.9 Å². The Morgan fingerprint density at radius 1 is 0.917 bits per heavy atom. The van der Waals surface area contributed by atoms with E-state index in [0.29, 0.717) is 31.2 Å². The molecule has 4 nitrogen and oxygen atoms in total. The van der Waals surface area contributed by atoms with Gasteiger partial charge in [0.25, 0.3) is 0 Å². The maximum atomic E-state index is 12.8. The van der Waals surface area contributed by atoms with Gasteiger partial charge in [0.2, 0.25) is 10.0 Å². The highest BCUT2D eigenvalue weighted by atomic mass is 35.5. The molecular weight excluding hydrogens is 367 g/mol. The summed E-state index contributed by atoms with van der Waals surface area (Å²) in [7, 11) is -3.64. The molecule has 7 heteroatoms. The smallest absolute Gasteiger partial charge is 0.244 e. The van der Waals surface area contributed by atoms with Crippen LogP contribution in [-0.2, 0) is 10.0 Å². The van der Waals surface area contributed by atoms with Gasteiger partial charge in [0.05, 0.1) is 5.02 Å². The molecule has 0 N–H and O–H groups in total. The van der Waals surface area contributed by atoms with Crippen molar-refractivity contribution in [3.8, 4) is 0 Å². The summed E-state index contributed by atoms with van der Waals surface area (Å²) in [6.45, 7) is 4.15. The van der Waals surface area contributed by atoms with Gasteiger partial charge >= 0.3 is 0 Å². The Bertz CT molecular complexity index is 830. The molecule has 1 aliphatic heterocycles. The number of hydrogen-bond donors (Lipinski definition) is 0. The second kappa shape index (κ2) is 6.92. The average Bonchev–Trinajstić information content (AvgIpc) is 2.58. The fourth-order valence-corrected chi connectivity index (χ4v) is 4.92. The first-order valence-electron chi connectivity index (χ1n) is 7.65. The SMILES string of the molecule is Cc1ccc(N2CCN(S(=O)(=O)c3cc(Cl)ccc3Cl)CC2)cc1. The summed E-state index contributed by atoms with van der Waals surface area (Å²) < 4.78 is 27.1. The zero-order chi connectivity index (χ0) is 17.3. The first-order valence-corrected chi connectivity index (χ1v) is 9.84. The molecule has 1 saturated heterocycles. The Morgan fingerprint density at radius 2 is 1.54 bits per heavy atom. The predicted octanol–water partition coefficient (Wildman–Crippen LogP) is 3.81. The van der Waals surface area contributed by atoms with E-state index >= 15 is 0 Å². The third-order valence-electron chi connectivity index (χ3n) is 4.15. The fraction of sp³-hybridized carbons (Fsp3) is 0.294. The lowest BCUT2D eigenvalue weighted by Crippen LogP contribution is -2.48. The van der Waals surface area contributed by atoms with Crippen LogP contribution in [0.25, 0.3) is 0 Å². The number of anilines is 1. The van der Waals surface area contributed by atoms with Gasteiger partial charge in [-0.05, 0) is 37.3 Å². The van der Waals surface area contributed by atoms with Crippen LogP contribution in [0.15, 0.2) is 47.4 Å². The van der Waals surface area contributed by atoms with E-state index in [9.17, 15) is 8.42 Å². The third kappa shape index (κ3) is 3.54. The lowest BCUT2D eigenvalue weighted by atomic mass is 10.2. The first kappa shape index (κ1) is 17.5. The van der Waals surface area contributed by atoms with Crippen molar-refractivity contribution in [3.05, 3.63) is 58.1 Å². The molecule has 128 valence electrons. The second-order valence-electron chi connectivity index (χ2n) is 5.80. The van der Waals surface area contributed by atoms with Crippen LogP contribution in [0.4, 0.5) is 5.69 Å². The van der Waals surface area contributed by atoms with Gasteiger partial charge in [0.15, 0.2) is 0 Å². The molecule has 1 fully saturated rings. The number of rotatable bonds is 3. The molecule has 0 unspecified atom stereocenters. The number of halogens is 2. The zero-order valence-electron chi connectivity index (χ0n) is 13.2. The Hall–Kier alpha value is -1.27. The fourth-order valence-electron chi connectivity index (χ4n) is 2.76. The van der Waals surface area contributed by atoms with Gasteiger partial charge in [-0.25, -0.2) is 8.42 Å². The average molecular weight is 385 g/mol. The Balaban J connectivity index is 1.76. The van der Waals surface area contributed by atoms with E-state index in [4.69, 9.17) is 23.2 Å². The molecule has 0 saturated carbocycles. The minimum absolute atomic E-state index is 0.0699. The predicted molar refractivity (Wildman–Crippen MR) is 98.6 cm³/mol. The van der Waals surface area contributed by atoms with Crippen LogP contribution in [0.2, 0.25) is 10.0 Å². The number of benzene rings is 2. The van der Waals surface area contributed by atoms with Crippen LogP contribution < -0.4 is 4.90 Å². The molecular formula is C17H18Cl2N2O2S. The highest BCUT2D eigenvalue weighted by Crippen LogP contribution is 2.29. The lowest BCUT2D eigenvalue weighted by Gasteiger charge is -2.35. The standard InChI is InChI=1S/C17H18Cl2N2O2S/c1-13-2-5-15(6-3-13)20-8-10-21(11-9-20)24(22,23)17-12-14(18)4-7-16(17)19/h2-7,12H,8-11H2,1H3. The summed E-state index contributed by atoms with van der Waals surface area (Å²) in [5.41, 5.74) is 2.31. The van der Waals surface area contributed by atoms with Crippen molar-refractivity contribution in [2.75, 3.05) is 31.1 Å². The van der Waals surface area contributed by atoms with E-state index in [-0.39, 0.29) is 9.92 Å². The normalized spacial score (nSPS) is 16.4. The minimum Gasteiger partial charge on any atom is -0.369 e. The van der Waals surface area contributed by atoms with E-state index in [1.54, 1.807) is 6.07 Å². The highest BCUT2D eigenvalue weighted by Gasteiger charge is 2.30. The summed E-state index contributed by atoms with van der Waals surface area (Å²) >= 11 is 12.0. The Morgan fingerprint density at radius 3 is 2.17 bits per heavy atom. The van der Waals surface area contributed by atoms with E-state index < -0.39 is 10.0 Å². The van der Waals surface area contributed by atoms with Crippen LogP contribution in [-0.4, -0.2) is 38.9 Å². The number of piperazine rings is 1. The number of sulfonamides is 1. The van der Waals surface area contributed by atoms with E-state index in [0.717, 1.165) is 5.69 Å². The van der Waals surface area contributed by atoms with Gasteiger partial charge < -0.3 is 4.90 Å². The summed E-state index contributed by atoms with van der Waals surface area (Å²) in [6, 6.07) is 12.7. The van der Waals surface area contributed by atoms with Gasteiger partial charge in [-0.15, -0.1) is 0 Å². The zero-order valence-corrected chi connectivity index (χ0v) is 15.6. The largest absolute Gasteiger partial charge is 0.369 e. The van der Waals surface area contributed by atoms with Crippen molar-refractivity contribution in [1.82, 2.24) is 4.31 Å². The van der Waals surface area contributed by atoms with E-state index in [1.165, 1.54) is 22.0 Å². The lowest BCUT2D eigenvalue weighted by molar-refractivity contribution is 0.385. The number of hydrogen-bond acceptors (Lipinski definition) is 3. The molecule has 0 aliphatic carbocycles. The molecule has 0 aromatic heterocycles. The maximum absolute atomic E-state index is 12.8. The van der Waals surface area contributed by atoms with Crippen LogP contribution in [0.3, 0.4) is 0 Å². The molecule has 1 heterocycles. The summed E-state index contributed by atoms with van der Waals surface area (Å²) in [4.78, 5) is 2.26. The molecule has 0 amide bonds. The molecule has 24 heavy (non-hydrogen) atoms. The van der Waals surface area contributed by atoms with Crippen molar-refractivity contribution in [3.63, 3.8) is 0 Å². The molecule has 3 rings (SSSR count). The molecule has 0 spiro atoms. The molecule has 2 aromatic rings. The van der Waals surface area contributed by atoms with Gasteiger partial charge in [-0.2, -0.15) is 4.31 Å². The third-order valence-corrected chi connectivity index (χ3v) is 6.76. The molecule has 0 bridgehead atoms. The van der Waals surface area contributed by atoms with Crippen molar-refractivity contribution in [2.45, 2.75) is 11.8 Å². The van der Waals surface area contributed by atoms with Crippen molar-refractivity contribution < 1.29 is 8.42 Å². The Labute approximate surface area is 152 Å². The topological polar surface area (TPSA) is 40.6 Å². The van der Waals surface area contributed by atoms with Gasteiger partial charge in [0.1, 0.15) is 4.90 Å². The maximum Gasteiger partial charge on any atom is 0.244 e. The summed E-state index contributed by atoms with van der Waals surface area (Å²) in [6.07, 6.45) is 0. The monoisotopic (exact) mass is 384 g/mol. The molecule has 0 atom stereocenters. The van der Waals surface area contributed by atoms with Gasteiger partial charge in [-0.3, -0.25) is 0 Å². The summed E-state index contributed by atoms with van der Waals surface area (Å²) in [5, 5.41) is 0.552. The van der Waals surface area contributed by atoms with Crippen molar-refractivity contribution >= 4 is 38.9 Å². The van der Waals surface area contributed by atoms with E-state index in [1.807, 2.05) is 6.92 Å². The van der Waals surface area contributed by atoms with Crippen LogP contribution in [0.1, 0.15) is 5.56 Å². The minimum atomic E-state index is -3.64. The highest BCUT2D eigenvalue weighted by molar-refractivity contribution is 7.89. The second-order valence-corrected chi connectivity index (χ2v) is 8.55. The Kier molecular flexibility index (Phi) is 5.06. The first-order chi connectivity index (χ1) is 11.4. The molecule has 0 radical (unpaired) electrons. The summed E-state index contributed by atoms with van der Waals surface area (Å²) in [5.74, 6) is 0.